The zero-order chi connectivity index (χ0) is 20.9. The molecule has 0 bridgehead atoms. The van der Waals surface area contributed by atoms with Crippen molar-refractivity contribution >= 4 is 23.4 Å². The molecule has 1 fully saturated rings. The molecule has 2 heterocycles. The second-order valence-electron chi connectivity index (χ2n) is 6.92. The van der Waals surface area contributed by atoms with Crippen LogP contribution >= 0.6 is 11.6 Å². The highest BCUT2D eigenvalue weighted by molar-refractivity contribution is 6.30. The number of likely N-dealkylation sites (tertiary alicyclic amines) is 1. The molecule has 0 saturated carbocycles. The molecule has 1 aliphatic heterocycles. The number of aromatic nitrogens is 1. The molecule has 0 spiro atoms. The third-order valence-electron chi connectivity index (χ3n) is 4.74. The van der Waals surface area contributed by atoms with Crippen LogP contribution < -0.4 is 5.32 Å². The van der Waals surface area contributed by atoms with Crippen LogP contribution in [-0.2, 0) is 4.74 Å². The Labute approximate surface area is 171 Å². The van der Waals surface area contributed by atoms with Crippen molar-refractivity contribution in [3.63, 3.8) is 0 Å². The van der Waals surface area contributed by atoms with Crippen molar-refractivity contribution in [2.24, 2.45) is 0 Å². The Balaban J connectivity index is 1.61. The summed E-state index contributed by atoms with van der Waals surface area (Å²) in [5, 5.41) is 2.74. The number of alkyl halides is 3. The Morgan fingerprint density at radius 3 is 2.69 bits per heavy atom. The van der Waals surface area contributed by atoms with Gasteiger partial charge in [-0.15, -0.1) is 0 Å². The Bertz CT molecular complexity index is 803. The number of carbonyl (C=O) groups excluding carboxylic acids is 1. The Morgan fingerprint density at radius 2 is 2.03 bits per heavy atom. The monoisotopic (exact) mass is 427 g/mol. The van der Waals surface area contributed by atoms with E-state index in [0.29, 0.717) is 23.8 Å². The van der Waals surface area contributed by atoms with E-state index < -0.39 is 24.9 Å². The van der Waals surface area contributed by atoms with Gasteiger partial charge in [-0.3, -0.25) is 15.2 Å². The summed E-state index contributed by atoms with van der Waals surface area (Å²) < 4.78 is 45.2. The van der Waals surface area contributed by atoms with E-state index in [1.807, 2.05) is 12.1 Å². The Kier molecular flexibility index (Phi) is 6.97. The lowest BCUT2D eigenvalue weighted by atomic mass is 9.94. The summed E-state index contributed by atoms with van der Waals surface area (Å²) in [6.45, 7) is 0.532. The number of nitrogens with one attached hydrogen (secondary N) is 1. The van der Waals surface area contributed by atoms with Gasteiger partial charge in [0, 0.05) is 41.6 Å². The van der Waals surface area contributed by atoms with Crippen LogP contribution in [0.25, 0.3) is 0 Å². The van der Waals surface area contributed by atoms with Crippen LogP contribution in [0, 0.1) is 0 Å². The topological polar surface area (TPSA) is 54.5 Å². The molecule has 1 aliphatic rings. The first kappa shape index (κ1) is 21.4. The standard InChI is InChI=1S/C20H21ClF3N3O2/c21-15-6-8-16(9-7-15)26-19(28)29-18(20(22,23)24)13-27-11-3-4-14(12-27)17-5-1-2-10-25-17/h1-2,5-10,14,18H,3-4,11-13H2,(H,26,28)/t14?,18-/m0/s1. The van der Waals surface area contributed by atoms with Gasteiger partial charge in [-0.05, 0) is 55.8 Å². The van der Waals surface area contributed by atoms with Crippen molar-refractivity contribution in [1.82, 2.24) is 9.88 Å². The third kappa shape index (κ3) is 6.33. The number of nitrogens with zero attached hydrogens (tertiary/aromatic N) is 2. The summed E-state index contributed by atoms with van der Waals surface area (Å²) in [7, 11) is 0. The molecular formula is C20H21ClF3N3O2. The van der Waals surface area contributed by atoms with E-state index in [1.54, 1.807) is 17.2 Å². The second kappa shape index (κ2) is 9.45. The summed E-state index contributed by atoms with van der Waals surface area (Å²) >= 11 is 5.75. The number of pyridine rings is 1. The number of halogens is 4. The molecule has 1 N–H and O–H groups in total. The van der Waals surface area contributed by atoms with Crippen LogP contribution in [0.2, 0.25) is 5.02 Å². The molecule has 5 nitrogen and oxygen atoms in total. The van der Waals surface area contributed by atoms with E-state index >= 15 is 0 Å². The van der Waals surface area contributed by atoms with Gasteiger partial charge in [0.15, 0.2) is 0 Å². The van der Waals surface area contributed by atoms with Crippen molar-refractivity contribution in [3.8, 4) is 0 Å². The van der Waals surface area contributed by atoms with Gasteiger partial charge < -0.3 is 4.74 Å². The average Bonchev–Trinajstić information content (AvgIpc) is 2.69. The van der Waals surface area contributed by atoms with E-state index in [0.717, 1.165) is 18.5 Å². The molecule has 2 aromatic rings. The quantitative estimate of drug-likeness (QED) is 0.721. The molecule has 3 rings (SSSR count). The average molecular weight is 428 g/mol. The van der Waals surface area contributed by atoms with Gasteiger partial charge in [0.25, 0.3) is 0 Å². The number of hydrogen-bond acceptors (Lipinski definition) is 4. The molecule has 1 unspecified atom stereocenters. The molecule has 1 aromatic carbocycles. The molecule has 0 aliphatic carbocycles. The maximum atomic E-state index is 13.5. The second-order valence-corrected chi connectivity index (χ2v) is 7.36. The van der Waals surface area contributed by atoms with Gasteiger partial charge in [0.1, 0.15) is 0 Å². The normalized spacial score (nSPS) is 18.8. The van der Waals surface area contributed by atoms with Gasteiger partial charge >= 0.3 is 12.3 Å². The van der Waals surface area contributed by atoms with Gasteiger partial charge in [0.05, 0.1) is 0 Å². The van der Waals surface area contributed by atoms with Crippen LogP contribution in [0.3, 0.4) is 0 Å². The van der Waals surface area contributed by atoms with Crippen molar-refractivity contribution in [2.45, 2.75) is 31.0 Å². The summed E-state index contributed by atoms with van der Waals surface area (Å²) in [5.74, 6) is 0.0572. The number of benzene rings is 1. The Morgan fingerprint density at radius 1 is 1.28 bits per heavy atom. The van der Waals surface area contributed by atoms with E-state index in [2.05, 4.69) is 10.3 Å². The van der Waals surface area contributed by atoms with E-state index in [9.17, 15) is 18.0 Å². The van der Waals surface area contributed by atoms with Crippen LogP contribution in [0.15, 0.2) is 48.7 Å². The highest BCUT2D eigenvalue weighted by atomic mass is 35.5. The molecule has 1 saturated heterocycles. The first-order chi connectivity index (χ1) is 13.8. The van der Waals surface area contributed by atoms with Crippen molar-refractivity contribution in [1.29, 1.82) is 0 Å². The van der Waals surface area contributed by atoms with Crippen LogP contribution in [0.5, 0.6) is 0 Å². The largest absolute Gasteiger partial charge is 0.435 e. The minimum Gasteiger partial charge on any atom is -0.435 e. The molecule has 9 heteroatoms. The third-order valence-corrected chi connectivity index (χ3v) is 4.99. The molecular weight excluding hydrogens is 407 g/mol. The molecule has 156 valence electrons. The van der Waals surface area contributed by atoms with E-state index in [1.165, 1.54) is 24.3 Å². The minimum atomic E-state index is -4.67. The number of hydrogen-bond donors (Lipinski definition) is 1. The number of piperidine rings is 1. The number of anilines is 1. The summed E-state index contributed by atoms with van der Waals surface area (Å²) in [6, 6.07) is 11.5. The zero-order valence-electron chi connectivity index (χ0n) is 15.5. The Hall–Kier alpha value is -2.32. The van der Waals surface area contributed by atoms with Gasteiger partial charge in [0.2, 0.25) is 6.10 Å². The van der Waals surface area contributed by atoms with Crippen molar-refractivity contribution < 1.29 is 22.7 Å². The number of amides is 1. The SMILES string of the molecule is O=C(Nc1ccc(Cl)cc1)O[C@@H](CN1CCCC(c2ccccn2)C1)C(F)(F)F. The molecule has 1 amide bonds. The highest BCUT2D eigenvalue weighted by Gasteiger charge is 2.44. The molecule has 2 atom stereocenters. The summed E-state index contributed by atoms with van der Waals surface area (Å²) in [4.78, 5) is 18.0. The lowest BCUT2D eigenvalue weighted by Gasteiger charge is -2.34. The number of rotatable bonds is 5. The molecule has 29 heavy (non-hydrogen) atoms. The maximum absolute atomic E-state index is 13.5. The number of carbonyl (C=O) groups is 1. The fourth-order valence-corrected chi connectivity index (χ4v) is 3.46. The van der Waals surface area contributed by atoms with E-state index in [4.69, 9.17) is 16.3 Å². The fraction of sp³-hybridized carbons (Fsp3) is 0.400. The summed E-state index contributed by atoms with van der Waals surface area (Å²) in [5.41, 5.74) is 1.16. The number of ether oxygens (including phenoxy) is 1. The molecule has 0 radical (unpaired) electrons. The highest BCUT2D eigenvalue weighted by Crippen LogP contribution is 2.29. The van der Waals surface area contributed by atoms with Crippen molar-refractivity contribution in [2.75, 3.05) is 25.0 Å². The summed E-state index contributed by atoms with van der Waals surface area (Å²) in [6.07, 6.45) is -4.76. The van der Waals surface area contributed by atoms with Gasteiger partial charge in [-0.2, -0.15) is 13.2 Å². The predicted molar refractivity (Wildman–Crippen MR) is 104 cm³/mol. The lowest BCUT2D eigenvalue weighted by molar-refractivity contribution is -0.207. The zero-order valence-corrected chi connectivity index (χ0v) is 16.3. The smallest absolute Gasteiger partial charge is 0.426 e. The minimum absolute atomic E-state index is 0.0572. The predicted octanol–water partition coefficient (Wildman–Crippen LogP) is 5.09. The van der Waals surface area contributed by atoms with Crippen molar-refractivity contribution in [3.05, 3.63) is 59.4 Å². The lowest BCUT2D eigenvalue weighted by Crippen LogP contribution is -2.47. The first-order valence-corrected chi connectivity index (χ1v) is 9.62. The first-order valence-electron chi connectivity index (χ1n) is 9.24. The van der Waals surface area contributed by atoms with Crippen LogP contribution in [0.4, 0.5) is 23.7 Å². The van der Waals surface area contributed by atoms with Gasteiger partial charge in [-0.25, -0.2) is 4.79 Å². The molecule has 1 aromatic heterocycles. The fourth-order valence-electron chi connectivity index (χ4n) is 3.33. The maximum Gasteiger partial charge on any atom is 0.426 e. The van der Waals surface area contributed by atoms with Gasteiger partial charge in [-0.1, -0.05) is 17.7 Å². The van der Waals surface area contributed by atoms with E-state index in [-0.39, 0.29) is 5.92 Å². The van der Waals surface area contributed by atoms with Crippen LogP contribution in [-0.4, -0.2) is 47.9 Å². The van der Waals surface area contributed by atoms with Crippen LogP contribution in [0.1, 0.15) is 24.5 Å².